The average Bonchev–Trinajstić information content (AvgIpc) is 2.28. The van der Waals surface area contributed by atoms with Crippen LogP contribution in [0.2, 0.25) is 0 Å². The second-order valence-corrected chi connectivity index (χ2v) is 5.11. The zero-order valence-corrected chi connectivity index (χ0v) is 11.4. The van der Waals surface area contributed by atoms with E-state index < -0.39 is 0 Å². The van der Waals surface area contributed by atoms with Gasteiger partial charge in [-0.25, -0.2) is 9.97 Å². The van der Waals surface area contributed by atoms with Crippen molar-refractivity contribution in [2.24, 2.45) is 0 Å². The van der Waals surface area contributed by atoms with Gasteiger partial charge in [0, 0.05) is 11.4 Å². The van der Waals surface area contributed by atoms with Gasteiger partial charge in [-0.05, 0) is 32.3 Å². The summed E-state index contributed by atoms with van der Waals surface area (Å²) in [5, 5.41) is 12.6. The minimum Gasteiger partial charge on any atom is -0.394 e. The first-order valence-corrected chi connectivity index (χ1v) is 6.15. The molecule has 0 aromatic carbocycles. The predicted molar refractivity (Wildman–Crippen MR) is 70.3 cm³/mol. The largest absolute Gasteiger partial charge is 0.394 e. The summed E-state index contributed by atoms with van der Waals surface area (Å²) in [7, 11) is 0. The van der Waals surface area contributed by atoms with Crippen molar-refractivity contribution in [3.8, 4) is 0 Å². The van der Waals surface area contributed by atoms with E-state index in [0.29, 0.717) is 11.9 Å². The highest BCUT2D eigenvalue weighted by Gasteiger charge is 2.22. The van der Waals surface area contributed by atoms with Crippen molar-refractivity contribution in [1.29, 1.82) is 0 Å². The highest BCUT2D eigenvalue weighted by Crippen LogP contribution is 2.18. The van der Waals surface area contributed by atoms with E-state index in [9.17, 15) is 5.11 Å². The van der Waals surface area contributed by atoms with E-state index in [1.807, 2.05) is 26.8 Å². The summed E-state index contributed by atoms with van der Waals surface area (Å²) in [6, 6.07) is 2.00. The Bertz CT molecular complexity index is 373. The normalized spacial score (nSPS) is 14.8. The predicted octanol–water partition coefficient (Wildman–Crippen LogP) is 2.48. The molecule has 17 heavy (non-hydrogen) atoms. The maximum Gasteiger partial charge on any atom is 0.223 e. The number of aryl methyl sites for hydroxylation is 1. The number of aliphatic hydroxyl groups excluding tert-OH is 1. The van der Waals surface area contributed by atoms with Crippen molar-refractivity contribution in [2.75, 3.05) is 11.9 Å². The summed E-state index contributed by atoms with van der Waals surface area (Å²) in [4.78, 5) is 8.84. The maximum atomic E-state index is 9.38. The summed E-state index contributed by atoms with van der Waals surface area (Å²) < 4.78 is 0. The minimum absolute atomic E-state index is 0.0673. The summed E-state index contributed by atoms with van der Waals surface area (Å²) in [5.41, 5.74) is 1.61. The van der Waals surface area contributed by atoms with Gasteiger partial charge >= 0.3 is 0 Å². The number of aromatic nitrogens is 2. The molecule has 0 spiro atoms. The van der Waals surface area contributed by atoms with Crippen molar-refractivity contribution in [1.82, 2.24) is 9.97 Å². The molecule has 1 heterocycles. The minimum atomic E-state index is -0.359. The molecule has 0 radical (unpaired) electrons. The van der Waals surface area contributed by atoms with Gasteiger partial charge in [-0.2, -0.15) is 0 Å². The molecule has 0 amide bonds. The molecule has 0 bridgehead atoms. The summed E-state index contributed by atoms with van der Waals surface area (Å²) in [6.07, 6.45) is 0.817. The monoisotopic (exact) mass is 237 g/mol. The zero-order chi connectivity index (χ0) is 13.1. The third-order valence-corrected chi connectivity index (χ3v) is 3.01. The molecule has 1 unspecified atom stereocenters. The third kappa shape index (κ3) is 3.66. The standard InChI is InChI=1S/C13H23N3O/c1-6-13(5,8-17)16-12-14-10(4)7-11(15-12)9(2)3/h7,9,17H,6,8H2,1-5H3,(H,14,15,16). The first-order valence-electron chi connectivity index (χ1n) is 6.15. The second-order valence-electron chi connectivity index (χ2n) is 5.11. The molecule has 0 saturated carbocycles. The molecule has 0 aliphatic carbocycles. The van der Waals surface area contributed by atoms with E-state index in [2.05, 4.69) is 29.1 Å². The molecule has 0 saturated heterocycles. The summed E-state index contributed by atoms with van der Waals surface area (Å²) in [6.45, 7) is 10.2. The quantitative estimate of drug-likeness (QED) is 0.826. The number of nitrogens with one attached hydrogen (secondary N) is 1. The first-order chi connectivity index (χ1) is 7.90. The number of rotatable bonds is 5. The lowest BCUT2D eigenvalue weighted by Gasteiger charge is -2.27. The van der Waals surface area contributed by atoms with Crippen molar-refractivity contribution >= 4 is 5.95 Å². The Kier molecular flexibility index (Phi) is 4.46. The fourth-order valence-corrected chi connectivity index (χ4v) is 1.45. The van der Waals surface area contributed by atoms with Crippen LogP contribution in [0.5, 0.6) is 0 Å². The molecule has 1 rings (SSSR count). The number of anilines is 1. The molecule has 0 aliphatic rings. The SMILES string of the molecule is CCC(C)(CO)Nc1nc(C)cc(C(C)C)n1. The number of hydrogen-bond acceptors (Lipinski definition) is 4. The Hall–Kier alpha value is -1.16. The Labute approximate surface area is 103 Å². The first kappa shape index (κ1) is 13.9. The van der Waals surface area contributed by atoms with E-state index >= 15 is 0 Å². The topological polar surface area (TPSA) is 58.0 Å². The van der Waals surface area contributed by atoms with Crippen LogP contribution in [0.15, 0.2) is 6.07 Å². The molecule has 1 aromatic heterocycles. The van der Waals surface area contributed by atoms with Gasteiger partial charge in [0.15, 0.2) is 0 Å². The van der Waals surface area contributed by atoms with E-state index in [1.54, 1.807) is 0 Å². The van der Waals surface area contributed by atoms with Crippen LogP contribution < -0.4 is 5.32 Å². The highest BCUT2D eigenvalue weighted by molar-refractivity contribution is 5.32. The summed E-state index contributed by atoms with van der Waals surface area (Å²) in [5.74, 6) is 0.978. The lowest BCUT2D eigenvalue weighted by atomic mass is 10.0. The molecular weight excluding hydrogens is 214 g/mol. The number of hydrogen-bond donors (Lipinski definition) is 2. The van der Waals surface area contributed by atoms with Gasteiger partial charge in [-0.15, -0.1) is 0 Å². The van der Waals surface area contributed by atoms with Crippen LogP contribution in [0.3, 0.4) is 0 Å². The molecule has 4 heteroatoms. The van der Waals surface area contributed by atoms with E-state index in [-0.39, 0.29) is 12.1 Å². The van der Waals surface area contributed by atoms with Crippen LogP contribution in [-0.2, 0) is 0 Å². The third-order valence-electron chi connectivity index (χ3n) is 3.01. The van der Waals surface area contributed by atoms with Crippen LogP contribution in [-0.4, -0.2) is 27.2 Å². The van der Waals surface area contributed by atoms with Crippen LogP contribution in [0, 0.1) is 6.92 Å². The smallest absolute Gasteiger partial charge is 0.223 e. The molecular formula is C13H23N3O. The van der Waals surface area contributed by atoms with Crippen molar-refractivity contribution in [3.05, 3.63) is 17.5 Å². The van der Waals surface area contributed by atoms with Gasteiger partial charge in [0.05, 0.1) is 12.1 Å². The fourth-order valence-electron chi connectivity index (χ4n) is 1.45. The van der Waals surface area contributed by atoms with Gasteiger partial charge in [0.1, 0.15) is 0 Å². The average molecular weight is 237 g/mol. The molecule has 4 nitrogen and oxygen atoms in total. The molecule has 96 valence electrons. The molecule has 2 N–H and O–H groups in total. The van der Waals surface area contributed by atoms with Gasteiger partial charge in [-0.3, -0.25) is 0 Å². The number of aliphatic hydroxyl groups is 1. The van der Waals surface area contributed by atoms with Crippen LogP contribution in [0.25, 0.3) is 0 Å². The lowest BCUT2D eigenvalue weighted by molar-refractivity contribution is 0.218. The summed E-state index contributed by atoms with van der Waals surface area (Å²) >= 11 is 0. The van der Waals surface area contributed by atoms with Gasteiger partial charge in [0.2, 0.25) is 5.95 Å². The van der Waals surface area contributed by atoms with E-state index in [4.69, 9.17) is 0 Å². The van der Waals surface area contributed by atoms with Gasteiger partial charge < -0.3 is 10.4 Å². The Morgan fingerprint density at radius 2 is 2.06 bits per heavy atom. The van der Waals surface area contributed by atoms with Crippen molar-refractivity contribution in [2.45, 2.75) is 52.5 Å². The molecule has 0 fully saturated rings. The van der Waals surface area contributed by atoms with Crippen molar-refractivity contribution in [3.63, 3.8) is 0 Å². The Morgan fingerprint density at radius 3 is 2.53 bits per heavy atom. The zero-order valence-electron chi connectivity index (χ0n) is 11.4. The lowest BCUT2D eigenvalue weighted by Crippen LogP contribution is -2.38. The number of nitrogens with zero attached hydrogens (tertiary/aromatic N) is 2. The molecule has 0 aliphatic heterocycles. The maximum absolute atomic E-state index is 9.38. The van der Waals surface area contributed by atoms with Crippen LogP contribution in [0.4, 0.5) is 5.95 Å². The fraction of sp³-hybridized carbons (Fsp3) is 0.692. The van der Waals surface area contributed by atoms with Gasteiger partial charge in [0.25, 0.3) is 0 Å². The van der Waals surface area contributed by atoms with Gasteiger partial charge in [-0.1, -0.05) is 20.8 Å². The van der Waals surface area contributed by atoms with E-state index in [1.165, 1.54) is 0 Å². The molecule has 1 atom stereocenters. The van der Waals surface area contributed by atoms with Crippen LogP contribution in [0.1, 0.15) is 51.4 Å². The Balaban J connectivity index is 2.98. The molecule has 1 aromatic rings. The second kappa shape index (κ2) is 5.45. The van der Waals surface area contributed by atoms with E-state index in [0.717, 1.165) is 17.8 Å². The van der Waals surface area contributed by atoms with Crippen molar-refractivity contribution < 1.29 is 5.11 Å². The van der Waals surface area contributed by atoms with Crippen LogP contribution >= 0.6 is 0 Å². The Morgan fingerprint density at radius 1 is 1.41 bits per heavy atom. The highest BCUT2D eigenvalue weighted by atomic mass is 16.3.